The Balaban J connectivity index is 1.63. The van der Waals surface area contributed by atoms with Crippen LogP contribution in [0, 0.1) is 11.7 Å². The molecule has 3 rings (SSSR count). The molecule has 1 aromatic carbocycles. The summed E-state index contributed by atoms with van der Waals surface area (Å²) < 4.78 is 13.2. The van der Waals surface area contributed by atoms with Crippen LogP contribution in [-0.4, -0.2) is 79.0 Å². The Hall–Kier alpha value is -1.50. The van der Waals surface area contributed by atoms with Gasteiger partial charge in [0.2, 0.25) is 5.91 Å². The highest BCUT2D eigenvalue weighted by Gasteiger charge is 2.30. The Bertz CT molecular complexity index is 601. The van der Waals surface area contributed by atoms with Crippen molar-refractivity contribution in [1.29, 1.82) is 0 Å². The molecule has 0 radical (unpaired) electrons. The maximum Gasteiger partial charge on any atom is 0.236 e. The number of hydrogen-bond donors (Lipinski definition) is 1. The number of piperazine rings is 1. The van der Waals surface area contributed by atoms with Crippen molar-refractivity contribution in [2.45, 2.75) is 32.9 Å². The van der Waals surface area contributed by atoms with Gasteiger partial charge in [0, 0.05) is 58.4 Å². The second-order valence-electron chi connectivity index (χ2n) is 8.13. The highest BCUT2D eigenvalue weighted by Crippen LogP contribution is 2.20. The smallest absolute Gasteiger partial charge is 0.236 e. The number of benzene rings is 1. The average molecular weight is 377 g/mol. The maximum absolute atomic E-state index is 13.2. The van der Waals surface area contributed by atoms with Crippen molar-refractivity contribution >= 4 is 5.91 Å². The fourth-order valence-electron chi connectivity index (χ4n) is 4.10. The third-order valence-electron chi connectivity index (χ3n) is 5.74. The molecule has 1 N–H and O–H groups in total. The molecular weight excluding hydrogens is 343 g/mol. The quantitative estimate of drug-likeness (QED) is 0.850. The van der Waals surface area contributed by atoms with Crippen molar-refractivity contribution in [3.8, 4) is 0 Å². The molecule has 0 spiro atoms. The average Bonchev–Trinajstić information content (AvgIpc) is 2.87. The van der Waals surface area contributed by atoms with Gasteiger partial charge in [-0.05, 0) is 30.0 Å². The number of carbonyl (C=O) groups is 1. The molecule has 150 valence electrons. The topological polar surface area (TPSA) is 38.8 Å². The molecule has 1 amide bonds. The first-order chi connectivity index (χ1) is 13.0. The van der Waals surface area contributed by atoms with Crippen molar-refractivity contribution in [2.24, 2.45) is 5.92 Å². The summed E-state index contributed by atoms with van der Waals surface area (Å²) in [6.07, 6.45) is 0.984. The van der Waals surface area contributed by atoms with Crippen LogP contribution in [0.3, 0.4) is 0 Å². The molecular formula is C21H33FN4O. The van der Waals surface area contributed by atoms with E-state index in [1.165, 1.54) is 12.1 Å². The van der Waals surface area contributed by atoms with Crippen LogP contribution < -0.4 is 5.32 Å². The number of carbonyl (C=O) groups excluding carboxylic acids is 1. The van der Waals surface area contributed by atoms with Crippen LogP contribution in [0.5, 0.6) is 0 Å². The Morgan fingerprint density at radius 2 is 1.85 bits per heavy atom. The number of nitrogens with one attached hydrogen (secondary N) is 1. The third-order valence-corrected chi connectivity index (χ3v) is 5.74. The number of amides is 1. The van der Waals surface area contributed by atoms with Crippen molar-refractivity contribution in [1.82, 2.24) is 20.0 Å². The second-order valence-corrected chi connectivity index (χ2v) is 8.13. The minimum absolute atomic E-state index is 0.195. The molecule has 5 nitrogen and oxygen atoms in total. The number of halogens is 1. The summed E-state index contributed by atoms with van der Waals surface area (Å²) in [5, 5.41) is 3.34. The van der Waals surface area contributed by atoms with Crippen LogP contribution in [0.2, 0.25) is 0 Å². The first-order valence-corrected chi connectivity index (χ1v) is 10.2. The molecule has 1 aromatic rings. The number of nitrogens with zero attached hydrogens (tertiary/aromatic N) is 3. The molecule has 1 atom stereocenters. The maximum atomic E-state index is 13.2. The summed E-state index contributed by atoms with van der Waals surface area (Å²) in [5.41, 5.74) is 1.13. The molecule has 2 aliphatic rings. The van der Waals surface area contributed by atoms with Gasteiger partial charge in [0.1, 0.15) is 5.82 Å². The fourth-order valence-corrected chi connectivity index (χ4v) is 4.10. The second kappa shape index (κ2) is 9.62. The van der Waals surface area contributed by atoms with Crippen LogP contribution >= 0.6 is 0 Å². The molecule has 27 heavy (non-hydrogen) atoms. The zero-order valence-corrected chi connectivity index (χ0v) is 16.7. The molecule has 0 aromatic heterocycles. The van der Waals surface area contributed by atoms with Crippen LogP contribution in [0.15, 0.2) is 24.3 Å². The Kier molecular flexibility index (Phi) is 7.21. The minimum atomic E-state index is -0.195. The van der Waals surface area contributed by atoms with E-state index in [0.29, 0.717) is 18.5 Å². The van der Waals surface area contributed by atoms with Crippen LogP contribution in [-0.2, 0) is 11.3 Å². The highest BCUT2D eigenvalue weighted by molar-refractivity contribution is 5.78. The van der Waals surface area contributed by atoms with E-state index in [1.54, 1.807) is 0 Å². The lowest BCUT2D eigenvalue weighted by Crippen LogP contribution is -2.50. The van der Waals surface area contributed by atoms with E-state index in [4.69, 9.17) is 0 Å². The molecule has 0 bridgehead atoms. The van der Waals surface area contributed by atoms with Crippen molar-refractivity contribution in [2.75, 3.05) is 52.4 Å². The monoisotopic (exact) mass is 376 g/mol. The van der Waals surface area contributed by atoms with Gasteiger partial charge in [-0.1, -0.05) is 26.0 Å². The van der Waals surface area contributed by atoms with E-state index in [1.807, 2.05) is 12.1 Å². The van der Waals surface area contributed by atoms with Crippen molar-refractivity contribution < 1.29 is 9.18 Å². The summed E-state index contributed by atoms with van der Waals surface area (Å²) in [7, 11) is 0. The lowest BCUT2D eigenvalue weighted by Gasteiger charge is -2.35. The van der Waals surface area contributed by atoms with Crippen molar-refractivity contribution in [3.05, 3.63) is 35.6 Å². The summed E-state index contributed by atoms with van der Waals surface area (Å²) >= 11 is 0. The largest absolute Gasteiger partial charge is 0.340 e. The standard InChI is InChI=1S/C21H33FN4O/c1-17(2)20-15-26(21(27)16-24-12-8-23-9-13-24)11-3-10-25(20)14-18-4-6-19(22)7-5-18/h4-7,17,20,23H,3,8-16H2,1-2H3/t20-/m0/s1. The molecule has 0 saturated carbocycles. The fraction of sp³-hybridized carbons (Fsp3) is 0.667. The predicted molar refractivity (Wildman–Crippen MR) is 106 cm³/mol. The molecule has 0 unspecified atom stereocenters. The van der Waals surface area contributed by atoms with Gasteiger partial charge >= 0.3 is 0 Å². The Morgan fingerprint density at radius 3 is 2.52 bits per heavy atom. The van der Waals surface area contributed by atoms with E-state index >= 15 is 0 Å². The Morgan fingerprint density at radius 1 is 1.15 bits per heavy atom. The SMILES string of the molecule is CC(C)[C@@H]1CN(C(=O)CN2CCNCC2)CCCN1Cc1ccc(F)cc1. The van der Waals surface area contributed by atoms with Gasteiger partial charge in [0.15, 0.2) is 0 Å². The van der Waals surface area contributed by atoms with E-state index in [9.17, 15) is 9.18 Å². The van der Waals surface area contributed by atoms with Gasteiger partial charge in [-0.3, -0.25) is 14.6 Å². The van der Waals surface area contributed by atoms with E-state index < -0.39 is 0 Å². The van der Waals surface area contributed by atoms with Gasteiger partial charge in [-0.2, -0.15) is 0 Å². The molecule has 2 saturated heterocycles. The van der Waals surface area contributed by atoms with Crippen LogP contribution in [0.1, 0.15) is 25.8 Å². The first-order valence-electron chi connectivity index (χ1n) is 10.2. The lowest BCUT2D eigenvalue weighted by molar-refractivity contribution is -0.133. The molecule has 2 aliphatic heterocycles. The zero-order chi connectivity index (χ0) is 19.2. The number of rotatable bonds is 5. The normalized spacial score (nSPS) is 22.8. The lowest BCUT2D eigenvalue weighted by atomic mass is 10.0. The van der Waals surface area contributed by atoms with Crippen molar-refractivity contribution in [3.63, 3.8) is 0 Å². The van der Waals surface area contributed by atoms with Gasteiger partial charge in [-0.25, -0.2) is 4.39 Å². The van der Waals surface area contributed by atoms with Gasteiger partial charge in [-0.15, -0.1) is 0 Å². The van der Waals surface area contributed by atoms with Gasteiger partial charge < -0.3 is 10.2 Å². The molecule has 2 heterocycles. The third kappa shape index (κ3) is 5.74. The molecule has 6 heteroatoms. The highest BCUT2D eigenvalue weighted by atomic mass is 19.1. The van der Waals surface area contributed by atoms with Gasteiger partial charge in [0.05, 0.1) is 6.54 Å². The van der Waals surface area contributed by atoms with E-state index in [2.05, 4.69) is 33.9 Å². The zero-order valence-electron chi connectivity index (χ0n) is 16.7. The molecule has 0 aliphatic carbocycles. The summed E-state index contributed by atoms with van der Waals surface area (Å²) in [4.78, 5) is 19.7. The van der Waals surface area contributed by atoms with Crippen LogP contribution in [0.25, 0.3) is 0 Å². The summed E-state index contributed by atoms with van der Waals surface area (Å²) in [6.45, 7) is 12.2. The first kappa shape index (κ1) is 20.2. The summed E-state index contributed by atoms with van der Waals surface area (Å²) in [5.74, 6) is 0.518. The van der Waals surface area contributed by atoms with E-state index in [-0.39, 0.29) is 11.7 Å². The number of hydrogen-bond acceptors (Lipinski definition) is 4. The van der Waals surface area contributed by atoms with Crippen LogP contribution in [0.4, 0.5) is 4.39 Å². The predicted octanol–water partition coefficient (Wildman–Crippen LogP) is 1.79. The summed E-state index contributed by atoms with van der Waals surface area (Å²) in [6, 6.07) is 7.11. The van der Waals surface area contributed by atoms with E-state index in [0.717, 1.165) is 64.3 Å². The Labute approximate surface area is 162 Å². The minimum Gasteiger partial charge on any atom is -0.340 e. The van der Waals surface area contributed by atoms with Gasteiger partial charge in [0.25, 0.3) is 0 Å². The molecule has 2 fully saturated rings.